The van der Waals surface area contributed by atoms with Gasteiger partial charge in [0, 0.05) is 23.5 Å². The highest BCUT2D eigenvalue weighted by Gasteiger charge is 2.31. The van der Waals surface area contributed by atoms with Crippen molar-refractivity contribution in [2.75, 3.05) is 4.90 Å². The second-order valence-electron chi connectivity index (χ2n) is 5.74. The van der Waals surface area contributed by atoms with E-state index in [1.165, 1.54) is 0 Å². The summed E-state index contributed by atoms with van der Waals surface area (Å²) < 4.78 is 0. The van der Waals surface area contributed by atoms with E-state index in [4.69, 9.17) is 0 Å². The molecule has 2 aromatic carbocycles. The summed E-state index contributed by atoms with van der Waals surface area (Å²) in [6.07, 6.45) is 5.41. The number of carbonyl (C=O) groups excluding carboxylic acids is 1. The first kappa shape index (κ1) is 14.4. The van der Waals surface area contributed by atoms with E-state index in [1.807, 2.05) is 77.7 Å². The van der Waals surface area contributed by atoms with Crippen LogP contribution in [0, 0.1) is 0 Å². The summed E-state index contributed by atoms with van der Waals surface area (Å²) >= 11 is 0. The molecule has 3 nitrogen and oxygen atoms in total. The Hall–Kier alpha value is -3.20. The SMILES string of the molecule is O=C1/C(=C\c2cccnc2)c2ccccc2N1Cc1ccccc1. The molecule has 0 bridgehead atoms. The summed E-state index contributed by atoms with van der Waals surface area (Å²) in [7, 11) is 0. The van der Waals surface area contributed by atoms with E-state index in [0.717, 1.165) is 28.0 Å². The Bertz CT molecular complexity index is 901. The fourth-order valence-electron chi connectivity index (χ4n) is 3.00. The summed E-state index contributed by atoms with van der Waals surface area (Å²) in [4.78, 5) is 19.0. The van der Waals surface area contributed by atoms with E-state index in [0.29, 0.717) is 6.54 Å². The molecule has 0 fully saturated rings. The molecule has 0 atom stereocenters. The van der Waals surface area contributed by atoms with Gasteiger partial charge in [0.25, 0.3) is 5.91 Å². The van der Waals surface area contributed by atoms with E-state index < -0.39 is 0 Å². The van der Waals surface area contributed by atoms with Crippen molar-refractivity contribution in [3.63, 3.8) is 0 Å². The molecule has 0 radical (unpaired) electrons. The Morgan fingerprint density at radius 2 is 1.71 bits per heavy atom. The summed E-state index contributed by atoms with van der Waals surface area (Å²) in [5.74, 6) is 0.0314. The Morgan fingerprint density at radius 1 is 0.917 bits per heavy atom. The van der Waals surface area contributed by atoms with Gasteiger partial charge in [0.15, 0.2) is 0 Å². The molecule has 1 aliphatic rings. The van der Waals surface area contributed by atoms with Gasteiger partial charge in [-0.05, 0) is 29.3 Å². The van der Waals surface area contributed by atoms with Gasteiger partial charge >= 0.3 is 0 Å². The third kappa shape index (κ3) is 2.61. The van der Waals surface area contributed by atoms with Crippen molar-refractivity contribution in [2.45, 2.75) is 6.54 Å². The van der Waals surface area contributed by atoms with Crippen molar-refractivity contribution >= 4 is 23.2 Å². The number of hydrogen-bond acceptors (Lipinski definition) is 2. The lowest BCUT2D eigenvalue weighted by molar-refractivity contribution is -0.113. The van der Waals surface area contributed by atoms with E-state index >= 15 is 0 Å². The lowest BCUT2D eigenvalue weighted by Gasteiger charge is -2.17. The number of rotatable bonds is 3. The van der Waals surface area contributed by atoms with Crippen molar-refractivity contribution in [3.05, 3.63) is 95.8 Å². The summed E-state index contributed by atoms with van der Waals surface area (Å²) in [5, 5.41) is 0. The molecule has 116 valence electrons. The maximum atomic E-state index is 13.0. The Balaban J connectivity index is 1.76. The van der Waals surface area contributed by atoms with Crippen LogP contribution in [0.1, 0.15) is 16.7 Å². The number of amides is 1. The fraction of sp³-hybridized carbons (Fsp3) is 0.0476. The highest BCUT2D eigenvalue weighted by molar-refractivity contribution is 6.35. The van der Waals surface area contributed by atoms with Crippen LogP contribution in [0.25, 0.3) is 11.6 Å². The van der Waals surface area contributed by atoms with Gasteiger partial charge in [0.2, 0.25) is 0 Å². The van der Waals surface area contributed by atoms with E-state index in [9.17, 15) is 4.79 Å². The zero-order chi connectivity index (χ0) is 16.4. The first-order valence-corrected chi connectivity index (χ1v) is 7.90. The van der Waals surface area contributed by atoms with Crippen molar-refractivity contribution in [2.24, 2.45) is 0 Å². The van der Waals surface area contributed by atoms with Crippen molar-refractivity contribution in [1.29, 1.82) is 0 Å². The molecule has 0 spiro atoms. The van der Waals surface area contributed by atoms with Crippen LogP contribution < -0.4 is 4.90 Å². The zero-order valence-corrected chi connectivity index (χ0v) is 13.1. The average molecular weight is 312 g/mol. The van der Waals surface area contributed by atoms with Gasteiger partial charge in [0.1, 0.15) is 0 Å². The molecule has 0 aliphatic carbocycles. The number of para-hydroxylation sites is 1. The van der Waals surface area contributed by atoms with Gasteiger partial charge in [-0.3, -0.25) is 9.78 Å². The van der Waals surface area contributed by atoms with Crippen molar-refractivity contribution in [1.82, 2.24) is 4.98 Å². The maximum Gasteiger partial charge on any atom is 0.259 e. The second kappa shape index (κ2) is 6.13. The number of pyridine rings is 1. The van der Waals surface area contributed by atoms with Gasteiger partial charge in [-0.2, -0.15) is 0 Å². The van der Waals surface area contributed by atoms with Crippen LogP contribution in [0.4, 0.5) is 5.69 Å². The molecule has 2 heterocycles. The van der Waals surface area contributed by atoms with E-state index in [2.05, 4.69) is 4.98 Å². The van der Waals surface area contributed by atoms with Crippen LogP contribution in [0.2, 0.25) is 0 Å². The molecule has 1 aliphatic heterocycles. The largest absolute Gasteiger partial charge is 0.303 e. The van der Waals surface area contributed by atoms with Crippen LogP contribution in [0.3, 0.4) is 0 Å². The molecule has 0 saturated carbocycles. The first-order valence-electron chi connectivity index (χ1n) is 7.90. The molecule has 0 saturated heterocycles. The van der Waals surface area contributed by atoms with Gasteiger partial charge in [-0.25, -0.2) is 0 Å². The number of fused-ring (bicyclic) bond motifs is 1. The Labute approximate surface area is 140 Å². The number of aromatic nitrogens is 1. The number of nitrogens with zero attached hydrogens (tertiary/aromatic N) is 2. The quantitative estimate of drug-likeness (QED) is 0.680. The maximum absolute atomic E-state index is 13.0. The molecule has 24 heavy (non-hydrogen) atoms. The molecule has 0 unspecified atom stereocenters. The zero-order valence-electron chi connectivity index (χ0n) is 13.1. The Kier molecular flexibility index (Phi) is 3.67. The minimum absolute atomic E-state index is 0.0314. The topological polar surface area (TPSA) is 33.2 Å². The highest BCUT2D eigenvalue weighted by Crippen LogP contribution is 2.38. The van der Waals surface area contributed by atoms with Gasteiger partial charge in [-0.15, -0.1) is 0 Å². The fourth-order valence-corrected chi connectivity index (χ4v) is 3.00. The lowest BCUT2D eigenvalue weighted by atomic mass is 10.1. The molecule has 1 aromatic heterocycles. The molecule has 3 aromatic rings. The minimum atomic E-state index is 0.0314. The van der Waals surface area contributed by atoms with Crippen molar-refractivity contribution in [3.8, 4) is 0 Å². The van der Waals surface area contributed by atoms with Crippen LogP contribution in [0.5, 0.6) is 0 Å². The molecule has 4 rings (SSSR count). The van der Waals surface area contributed by atoms with Crippen LogP contribution in [0.15, 0.2) is 79.1 Å². The lowest BCUT2D eigenvalue weighted by Crippen LogP contribution is -2.25. The van der Waals surface area contributed by atoms with E-state index in [1.54, 1.807) is 12.4 Å². The minimum Gasteiger partial charge on any atom is -0.303 e. The number of anilines is 1. The molecule has 3 heteroatoms. The number of benzene rings is 2. The first-order chi connectivity index (χ1) is 11.8. The van der Waals surface area contributed by atoms with Gasteiger partial charge < -0.3 is 4.90 Å². The normalized spacial score (nSPS) is 14.9. The summed E-state index contributed by atoms with van der Waals surface area (Å²) in [6.45, 7) is 0.571. The molecular formula is C21H16N2O. The number of carbonyl (C=O) groups is 1. The average Bonchev–Trinajstić information content (AvgIpc) is 2.90. The predicted molar refractivity (Wildman–Crippen MR) is 96.2 cm³/mol. The van der Waals surface area contributed by atoms with Gasteiger partial charge in [0.05, 0.1) is 12.2 Å². The molecule has 1 amide bonds. The number of hydrogen-bond donors (Lipinski definition) is 0. The predicted octanol–water partition coefficient (Wildman–Crippen LogP) is 4.17. The highest BCUT2D eigenvalue weighted by atomic mass is 16.2. The third-order valence-electron chi connectivity index (χ3n) is 4.14. The Morgan fingerprint density at radius 3 is 2.50 bits per heavy atom. The second-order valence-corrected chi connectivity index (χ2v) is 5.74. The monoisotopic (exact) mass is 312 g/mol. The summed E-state index contributed by atoms with van der Waals surface area (Å²) in [5.41, 5.74) is 4.69. The smallest absolute Gasteiger partial charge is 0.259 e. The summed E-state index contributed by atoms with van der Waals surface area (Å²) in [6, 6.07) is 21.8. The molecule has 0 N–H and O–H groups in total. The standard InChI is InChI=1S/C21H16N2O/c24-21-19(13-17-9-6-12-22-14-17)18-10-4-5-11-20(18)23(21)15-16-7-2-1-3-8-16/h1-14H,15H2/b19-13-. The van der Waals surface area contributed by atoms with Crippen LogP contribution >= 0.6 is 0 Å². The van der Waals surface area contributed by atoms with Crippen molar-refractivity contribution < 1.29 is 4.79 Å². The molecular weight excluding hydrogens is 296 g/mol. The van der Waals surface area contributed by atoms with Crippen LogP contribution in [-0.2, 0) is 11.3 Å². The van der Waals surface area contributed by atoms with Gasteiger partial charge in [-0.1, -0.05) is 54.6 Å². The third-order valence-corrected chi connectivity index (χ3v) is 4.14. The van der Waals surface area contributed by atoms with Crippen LogP contribution in [-0.4, -0.2) is 10.9 Å². The van der Waals surface area contributed by atoms with E-state index in [-0.39, 0.29) is 5.91 Å².